The smallest absolute Gasteiger partial charge is 0.402 e. The van der Waals surface area contributed by atoms with E-state index >= 15 is 0 Å². The summed E-state index contributed by atoms with van der Waals surface area (Å²) in [6.07, 6.45) is -0.751. The molecule has 1 atom stereocenters. The van der Waals surface area contributed by atoms with Crippen LogP contribution < -0.4 is 0 Å². The van der Waals surface area contributed by atoms with Gasteiger partial charge in [-0.2, -0.15) is 0 Å². The lowest BCUT2D eigenvalue weighted by Crippen LogP contribution is -2.07. The molecule has 1 aromatic rings. The third-order valence-electron chi connectivity index (χ3n) is 2.14. The lowest BCUT2D eigenvalue weighted by Gasteiger charge is -2.11. The van der Waals surface area contributed by atoms with Crippen molar-refractivity contribution in [3.63, 3.8) is 0 Å². The van der Waals surface area contributed by atoms with Crippen LogP contribution in [0.25, 0.3) is 0 Å². The van der Waals surface area contributed by atoms with Gasteiger partial charge in [0.2, 0.25) is 0 Å². The Labute approximate surface area is 101 Å². The Kier molecular flexibility index (Phi) is 7.77. The Balaban J connectivity index is 0.000000557. The van der Waals surface area contributed by atoms with Gasteiger partial charge in [-0.05, 0) is 17.0 Å². The number of aliphatic hydroxyl groups excluding tert-OH is 2. The lowest BCUT2D eigenvalue weighted by molar-refractivity contribution is 0.0955. The Hall–Kier alpha value is -0.915. The highest BCUT2D eigenvalue weighted by molar-refractivity contribution is 6.30. The number of hydrogen-bond acceptors (Lipinski definition) is 5. The van der Waals surface area contributed by atoms with Gasteiger partial charge in [-0.3, -0.25) is 0 Å². The molecule has 96 valence electrons. The lowest BCUT2D eigenvalue weighted by atomic mass is 9.99. The zero-order valence-electron chi connectivity index (χ0n) is 9.98. The molecule has 0 fully saturated rings. The fourth-order valence-electron chi connectivity index (χ4n) is 1.23. The summed E-state index contributed by atoms with van der Waals surface area (Å²) in [6, 6.07) is 7.69. The van der Waals surface area contributed by atoms with Crippen LogP contribution in [0.15, 0.2) is 24.3 Å². The second kappa shape index (κ2) is 8.22. The molecule has 0 amide bonds. The molecule has 17 heavy (non-hydrogen) atoms. The summed E-state index contributed by atoms with van der Waals surface area (Å²) >= 11 is 0. The molecule has 6 heteroatoms. The fourth-order valence-corrected chi connectivity index (χ4v) is 1.23. The quantitative estimate of drug-likeness (QED) is 0.472. The molecule has 1 rings (SSSR count). The summed E-state index contributed by atoms with van der Waals surface area (Å²) in [6.45, 7) is 3.98. The molecule has 0 spiro atoms. The molecular formula is C11H19BO5. The minimum absolute atomic E-state index is 0.221. The molecule has 0 saturated carbocycles. The molecule has 0 aliphatic carbocycles. The van der Waals surface area contributed by atoms with Crippen LogP contribution in [0.3, 0.4) is 0 Å². The number of hydrogen-bond donors (Lipinski definition) is 5. The SMILES string of the molecule is CC(C)c1cccc(C(O)CO)c1.OB(O)O. The van der Waals surface area contributed by atoms with Crippen molar-refractivity contribution in [3.05, 3.63) is 35.4 Å². The van der Waals surface area contributed by atoms with Crippen LogP contribution in [0.2, 0.25) is 0 Å². The van der Waals surface area contributed by atoms with Crippen molar-refractivity contribution < 1.29 is 25.3 Å². The van der Waals surface area contributed by atoms with Crippen molar-refractivity contribution in [2.75, 3.05) is 6.61 Å². The molecule has 0 bridgehead atoms. The number of aliphatic hydroxyl groups is 2. The monoisotopic (exact) mass is 242 g/mol. The Morgan fingerprint density at radius 2 is 1.59 bits per heavy atom. The largest absolute Gasteiger partial charge is 0.631 e. The predicted octanol–water partition coefficient (Wildman–Crippen LogP) is -0.216. The van der Waals surface area contributed by atoms with Crippen molar-refractivity contribution >= 4 is 7.32 Å². The van der Waals surface area contributed by atoms with E-state index in [4.69, 9.17) is 20.2 Å². The minimum Gasteiger partial charge on any atom is -0.402 e. The highest BCUT2D eigenvalue weighted by Gasteiger charge is 2.07. The third-order valence-corrected chi connectivity index (χ3v) is 2.14. The Morgan fingerprint density at radius 1 is 1.12 bits per heavy atom. The van der Waals surface area contributed by atoms with Gasteiger partial charge < -0.3 is 25.3 Å². The van der Waals surface area contributed by atoms with E-state index in [1.807, 2.05) is 24.3 Å². The average Bonchev–Trinajstić information content (AvgIpc) is 2.27. The van der Waals surface area contributed by atoms with Gasteiger partial charge in [0.05, 0.1) is 6.61 Å². The van der Waals surface area contributed by atoms with Gasteiger partial charge in [-0.25, -0.2) is 0 Å². The Morgan fingerprint density at radius 3 is 2.00 bits per heavy atom. The van der Waals surface area contributed by atoms with Gasteiger partial charge >= 0.3 is 7.32 Å². The topological polar surface area (TPSA) is 101 Å². The first-order valence-corrected chi connectivity index (χ1v) is 5.31. The van der Waals surface area contributed by atoms with Gasteiger partial charge in [0.1, 0.15) is 6.10 Å². The van der Waals surface area contributed by atoms with Crippen LogP contribution in [0, 0.1) is 0 Å². The second-order valence-corrected chi connectivity index (χ2v) is 3.87. The zero-order valence-corrected chi connectivity index (χ0v) is 9.98. The van der Waals surface area contributed by atoms with E-state index in [0.29, 0.717) is 5.92 Å². The predicted molar refractivity (Wildman–Crippen MR) is 65.0 cm³/mol. The molecule has 0 radical (unpaired) electrons. The highest BCUT2D eigenvalue weighted by atomic mass is 16.5. The fraction of sp³-hybridized carbons (Fsp3) is 0.455. The van der Waals surface area contributed by atoms with E-state index in [0.717, 1.165) is 5.56 Å². The summed E-state index contributed by atoms with van der Waals surface area (Å²) in [5, 5.41) is 39.7. The minimum atomic E-state index is -2.17. The molecule has 0 aromatic heterocycles. The van der Waals surface area contributed by atoms with Crippen molar-refractivity contribution in [1.29, 1.82) is 0 Å². The summed E-state index contributed by atoms with van der Waals surface area (Å²) < 4.78 is 0. The van der Waals surface area contributed by atoms with Gasteiger partial charge in [0.25, 0.3) is 0 Å². The molecule has 5 N–H and O–H groups in total. The summed E-state index contributed by atoms with van der Waals surface area (Å²) in [7, 11) is -2.17. The third kappa shape index (κ3) is 7.09. The average molecular weight is 242 g/mol. The first kappa shape index (κ1) is 16.1. The van der Waals surface area contributed by atoms with E-state index in [-0.39, 0.29) is 6.61 Å². The van der Waals surface area contributed by atoms with Crippen LogP contribution in [-0.2, 0) is 0 Å². The molecular weight excluding hydrogens is 223 g/mol. The van der Waals surface area contributed by atoms with E-state index in [1.54, 1.807) is 0 Å². The van der Waals surface area contributed by atoms with Crippen molar-refractivity contribution in [2.24, 2.45) is 0 Å². The van der Waals surface area contributed by atoms with Crippen molar-refractivity contribution in [1.82, 2.24) is 0 Å². The van der Waals surface area contributed by atoms with E-state index in [9.17, 15) is 5.11 Å². The molecule has 5 nitrogen and oxygen atoms in total. The van der Waals surface area contributed by atoms with Crippen LogP contribution in [0.1, 0.15) is 37.0 Å². The first-order chi connectivity index (χ1) is 7.88. The molecule has 0 saturated heterocycles. The van der Waals surface area contributed by atoms with Gasteiger partial charge in [0.15, 0.2) is 0 Å². The number of benzene rings is 1. The van der Waals surface area contributed by atoms with E-state index < -0.39 is 13.4 Å². The highest BCUT2D eigenvalue weighted by Crippen LogP contribution is 2.19. The first-order valence-electron chi connectivity index (χ1n) is 5.31. The zero-order chi connectivity index (χ0) is 13.4. The number of rotatable bonds is 3. The molecule has 1 aromatic carbocycles. The van der Waals surface area contributed by atoms with Crippen molar-refractivity contribution in [3.8, 4) is 0 Å². The van der Waals surface area contributed by atoms with Gasteiger partial charge in [0, 0.05) is 0 Å². The maximum absolute atomic E-state index is 9.39. The maximum atomic E-state index is 9.39. The molecule has 0 aliphatic heterocycles. The van der Waals surface area contributed by atoms with E-state index in [2.05, 4.69) is 13.8 Å². The van der Waals surface area contributed by atoms with Crippen LogP contribution in [0.4, 0.5) is 0 Å². The standard InChI is InChI=1S/C11H16O2.BH3O3/c1-8(2)9-4-3-5-10(6-9)11(13)7-12;2-1(3)4/h3-6,8,11-13H,7H2,1-2H3;2-4H. The summed E-state index contributed by atoms with van der Waals surface area (Å²) in [5.74, 6) is 0.450. The molecule has 0 heterocycles. The van der Waals surface area contributed by atoms with Gasteiger partial charge in [-0.1, -0.05) is 38.1 Å². The molecule has 0 aliphatic rings. The van der Waals surface area contributed by atoms with Crippen LogP contribution in [-0.4, -0.2) is 39.2 Å². The van der Waals surface area contributed by atoms with Crippen molar-refractivity contribution in [2.45, 2.75) is 25.9 Å². The Bertz CT molecular complexity index is 314. The van der Waals surface area contributed by atoms with Gasteiger partial charge in [-0.15, -0.1) is 0 Å². The van der Waals surface area contributed by atoms with Crippen LogP contribution in [0.5, 0.6) is 0 Å². The van der Waals surface area contributed by atoms with Crippen LogP contribution >= 0.6 is 0 Å². The second-order valence-electron chi connectivity index (χ2n) is 3.87. The van der Waals surface area contributed by atoms with E-state index in [1.165, 1.54) is 5.56 Å². The normalized spacial score (nSPS) is 11.8. The summed E-state index contributed by atoms with van der Waals surface area (Å²) in [4.78, 5) is 0. The summed E-state index contributed by atoms with van der Waals surface area (Å²) in [5.41, 5.74) is 1.97. The maximum Gasteiger partial charge on any atom is 0.631 e. The molecule has 1 unspecified atom stereocenters.